The molecule has 1 aliphatic rings. The molecule has 1 aromatic heterocycles. The lowest BCUT2D eigenvalue weighted by Gasteiger charge is -2.10. The monoisotopic (exact) mass is 266 g/mol. The van der Waals surface area contributed by atoms with Gasteiger partial charge in [0.15, 0.2) is 0 Å². The fourth-order valence-corrected chi connectivity index (χ4v) is 2.62. The standard InChI is InChI=1S/C11H11BrN2O/c12-10-3-1-2-8-6-13-14(11(8)10)9-4-5-15-7-9/h1-3,6,9H,4-5,7H2/t9-/m1/s1. The molecule has 0 saturated carbocycles. The molecule has 0 spiro atoms. The number of hydrogen-bond donors (Lipinski definition) is 0. The van der Waals surface area contributed by atoms with E-state index in [1.165, 1.54) is 10.9 Å². The van der Waals surface area contributed by atoms with E-state index >= 15 is 0 Å². The number of benzene rings is 1. The van der Waals surface area contributed by atoms with Gasteiger partial charge in [-0.1, -0.05) is 12.1 Å². The summed E-state index contributed by atoms with van der Waals surface area (Å²) < 4.78 is 8.57. The summed E-state index contributed by atoms with van der Waals surface area (Å²) in [5, 5.41) is 5.62. The Kier molecular flexibility index (Phi) is 2.25. The molecule has 1 atom stereocenters. The molecule has 1 saturated heterocycles. The van der Waals surface area contributed by atoms with Crippen molar-refractivity contribution >= 4 is 26.8 Å². The van der Waals surface area contributed by atoms with Crippen molar-refractivity contribution in [1.82, 2.24) is 9.78 Å². The second-order valence-corrected chi connectivity index (χ2v) is 4.64. The van der Waals surface area contributed by atoms with E-state index in [0.717, 1.165) is 24.1 Å². The van der Waals surface area contributed by atoms with Gasteiger partial charge in [0.05, 0.1) is 24.4 Å². The van der Waals surface area contributed by atoms with Gasteiger partial charge in [0, 0.05) is 16.5 Å². The van der Waals surface area contributed by atoms with Gasteiger partial charge in [-0.3, -0.25) is 4.68 Å². The number of hydrogen-bond acceptors (Lipinski definition) is 2. The minimum absolute atomic E-state index is 0.390. The molecule has 0 unspecified atom stereocenters. The van der Waals surface area contributed by atoms with Crippen molar-refractivity contribution in [2.24, 2.45) is 0 Å². The normalized spacial score (nSPS) is 21.3. The third-order valence-corrected chi connectivity index (χ3v) is 3.46. The zero-order valence-electron chi connectivity index (χ0n) is 8.19. The van der Waals surface area contributed by atoms with E-state index < -0.39 is 0 Å². The summed E-state index contributed by atoms with van der Waals surface area (Å²) in [4.78, 5) is 0. The van der Waals surface area contributed by atoms with Crippen molar-refractivity contribution in [2.45, 2.75) is 12.5 Å². The van der Waals surface area contributed by atoms with Crippen LogP contribution in [0.4, 0.5) is 0 Å². The summed E-state index contributed by atoms with van der Waals surface area (Å²) in [6, 6.07) is 6.56. The van der Waals surface area contributed by atoms with E-state index in [4.69, 9.17) is 4.74 Å². The first-order chi connectivity index (χ1) is 7.36. The van der Waals surface area contributed by atoms with Crippen molar-refractivity contribution in [3.8, 4) is 0 Å². The third kappa shape index (κ3) is 1.48. The topological polar surface area (TPSA) is 27.1 Å². The Hall–Kier alpha value is -0.870. The van der Waals surface area contributed by atoms with Gasteiger partial charge in [-0.15, -0.1) is 0 Å². The van der Waals surface area contributed by atoms with Gasteiger partial charge in [0.2, 0.25) is 0 Å². The van der Waals surface area contributed by atoms with E-state index in [1.54, 1.807) is 0 Å². The summed E-state index contributed by atoms with van der Waals surface area (Å²) in [5.74, 6) is 0. The molecule has 2 heterocycles. The highest BCUT2D eigenvalue weighted by Gasteiger charge is 2.20. The number of para-hydroxylation sites is 1. The van der Waals surface area contributed by atoms with Crippen molar-refractivity contribution in [2.75, 3.05) is 13.2 Å². The van der Waals surface area contributed by atoms with Crippen LogP contribution < -0.4 is 0 Å². The average molecular weight is 267 g/mol. The molecular weight excluding hydrogens is 256 g/mol. The number of nitrogens with zero attached hydrogens (tertiary/aromatic N) is 2. The van der Waals surface area contributed by atoms with Gasteiger partial charge in [0.1, 0.15) is 0 Å². The highest BCUT2D eigenvalue weighted by Crippen LogP contribution is 2.28. The Morgan fingerprint density at radius 3 is 3.20 bits per heavy atom. The van der Waals surface area contributed by atoms with Crippen LogP contribution in [0.25, 0.3) is 10.9 Å². The van der Waals surface area contributed by atoms with E-state index in [1.807, 2.05) is 12.3 Å². The summed E-state index contributed by atoms with van der Waals surface area (Å²) in [5.41, 5.74) is 1.17. The van der Waals surface area contributed by atoms with Crippen molar-refractivity contribution in [1.29, 1.82) is 0 Å². The number of rotatable bonds is 1. The van der Waals surface area contributed by atoms with Gasteiger partial charge in [-0.05, 0) is 28.4 Å². The van der Waals surface area contributed by atoms with Crippen LogP contribution in [0.15, 0.2) is 28.9 Å². The first-order valence-corrected chi connectivity index (χ1v) is 5.85. The molecule has 15 heavy (non-hydrogen) atoms. The molecule has 4 heteroatoms. The largest absolute Gasteiger partial charge is 0.379 e. The average Bonchev–Trinajstić information content (AvgIpc) is 2.85. The molecule has 3 nitrogen and oxygen atoms in total. The van der Waals surface area contributed by atoms with Gasteiger partial charge in [-0.25, -0.2) is 0 Å². The molecule has 1 aliphatic heterocycles. The number of halogens is 1. The number of ether oxygens (including phenoxy) is 1. The maximum absolute atomic E-state index is 5.39. The quantitative estimate of drug-likeness (QED) is 0.794. The molecule has 0 radical (unpaired) electrons. The predicted octanol–water partition coefficient (Wildman–Crippen LogP) is 2.76. The second-order valence-electron chi connectivity index (χ2n) is 3.78. The Morgan fingerprint density at radius 1 is 1.47 bits per heavy atom. The lowest BCUT2D eigenvalue weighted by atomic mass is 10.2. The molecule has 1 aromatic carbocycles. The molecule has 78 valence electrons. The van der Waals surface area contributed by atoms with Gasteiger partial charge >= 0.3 is 0 Å². The zero-order valence-corrected chi connectivity index (χ0v) is 9.77. The highest BCUT2D eigenvalue weighted by atomic mass is 79.9. The summed E-state index contributed by atoms with van der Waals surface area (Å²) in [6.07, 6.45) is 2.97. The minimum Gasteiger partial charge on any atom is -0.379 e. The summed E-state index contributed by atoms with van der Waals surface area (Å²) in [7, 11) is 0. The van der Waals surface area contributed by atoms with Crippen LogP contribution in [0.5, 0.6) is 0 Å². The lowest BCUT2D eigenvalue weighted by molar-refractivity contribution is 0.185. The maximum Gasteiger partial charge on any atom is 0.0828 e. The van der Waals surface area contributed by atoms with Crippen molar-refractivity contribution in [3.05, 3.63) is 28.9 Å². The molecule has 0 amide bonds. The van der Waals surface area contributed by atoms with E-state index in [2.05, 4.69) is 37.8 Å². The van der Waals surface area contributed by atoms with Crippen LogP contribution in [0.1, 0.15) is 12.5 Å². The first-order valence-electron chi connectivity index (χ1n) is 5.06. The Bertz CT molecular complexity index is 488. The minimum atomic E-state index is 0.390. The van der Waals surface area contributed by atoms with Crippen molar-refractivity contribution in [3.63, 3.8) is 0 Å². The molecular formula is C11H11BrN2O. The molecule has 2 aromatic rings. The van der Waals surface area contributed by atoms with Crippen LogP contribution in [-0.4, -0.2) is 23.0 Å². The highest BCUT2D eigenvalue weighted by molar-refractivity contribution is 9.10. The second kappa shape index (κ2) is 3.61. The zero-order chi connectivity index (χ0) is 10.3. The molecule has 3 rings (SSSR count). The molecule has 1 fully saturated rings. The van der Waals surface area contributed by atoms with E-state index in [9.17, 15) is 0 Å². The fraction of sp³-hybridized carbons (Fsp3) is 0.364. The van der Waals surface area contributed by atoms with Crippen LogP contribution in [-0.2, 0) is 4.74 Å². The maximum atomic E-state index is 5.39. The van der Waals surface area contributed by atoms with Crippen LogP contribution >= 0.6 is 15.9 Å². The van der Waals surface area contributed by atoms with Gasteiger partial charge in [-0.2, -0.15) is 5.10 Å². The van der Waals surface area contributed by atoms with Crippen molar-refractivity contribution < 1.29 is 4.74 Å². The van der Waals surface area contributed by atoms with Crippen LogP contribution in [0.2, 0.25) is 0 Å². The summed E-state index contributed by atoms with van der Waals surface area (Å²) >= 11 is 3.57. The Balaban J connectivity index is 2.18. The molecule has 0 aliphatic carbocycles. The fourth-order valence-electron chi connectivity index (χ4n) is 2.05. The first kappa shape index (κ1) is 9.36. The smallest absolute Gasteiger partial charge is 0.0828 e. The lowest BCUT2D eigenvalue weighted by Crippen LogP contribution is -2.10. The van der Waals surface area contributed by atoms with Gasteiger partial charge in [0.25, 0.3) is 0 Å². The van der Waals surface area contributed by atoms with Gasteiger partial charge < -0.3 is 4.74 Å². The third-order valence-electron chi connectivity index (χ3n) is 2.82. The molecule has 0 bridgehead atoms. The van der Waals surface area contributed by atoms with E-state index in [-0.39, 0.29) is 0 Å². The Labute approximate surface area is 96.2 Å². The molecule has 0 N–H and O–H groups in total. The SMILES string of the molecule is Brc1cccc2cnn([C@@H]3CCOC3)c12. The van der Waals surface area contributed by atoms with Crippen LogP contribution in [0, 0.1) is 0 Å². The number of fused-ring (bicyclic) bond motifs is 1. The van der Waals surface area contributed by atoms with E-state index in [0.29, 0.717) is 6.04 Å². The number of aromatic nitrogens is 2. The summed E-state index contributed by atoms with van der Waals surface area (Å²) in [6.45, 7) is 1.62. The Morgan fingerprint density at radius 2 is 2.40 bits per heavy atom. The predicted molar refractivity (Wildman–Crippen MR) is 61.9 cm³/mol. The van der Waals surface area contributed by atoms with Crippen LogP contribution in [0.3, 0.4) is 0 Å².